The van der Waals surface area contributed by atoms with Crippen molar-refractivity contribution in [1.29, 1.82) is 0 Å². The summed E-state index contributed by atoms with van der Waals surface area (Å²) in [6.07, 6.45) is 0. The van der Waals surface area contributed by atoms with E-state index in [2.05, 4.69) is 208 Å². The summed E-state index contributed by atoms with van der Waals surface area (Å²) in [5, 5.41) is 0. The number of hydrogen-bond acceptors (Lipinski definition) is 9. The van der Waals surface area contributed by atoms with Gasteiger partial charge in [-0.2, -0.15) is 0 Å². The van der Waals surface area contributed by atoms with Gasteiger partial charge in [0.25, 0.3) is 0 Å². The topological polar surface area (TPSA) is 92.5 Å². The zero-order valence-corrected chi connectivity index (χ0v) is 55.8. The van der Waals surface area contributed by atoms with Crippen molar-refractivity contribution in [2.45, 2.75) is 208 Å². The second-order valence-electron chi connectivity index (χ2n) is 23.0. The van der Waals surface area contributed by atoms with E-state index in [-0.39, 0.29) is 0 Å². The third-order valence-corrected chi connectivity index (χ3v) is 27.5. The largest absolute Gasteiger partial charge is 0.460 e. The fraction of sp³-hybridized carbons (Fsp3) is 0.455. The number of hydrogen-bond donors (Lipinski definition) is 0. The van der Waals surface area contributed by atoms with Gasteiger partial charge in [-0.1, -0.05) is 13.5 Å². The standard InChI is InChI=1S/C66H90N3O6P3/c1-31-37(7)49(19)61(50(20)38(31)8)70-76(71-62-51(21)39(9)32(2)40(10)52(62)22)67-77(72-63-53(23)41(11)33(3)42(12)54(63)24,73-64-55(25)43(13)34(4)44(14)56(64)26)69-78(68-76,74-65-57(27)45(15)35(5)46(16)58(65)28)75-66-59(29)47(17)36(6)48(18)60(66)30/h1-30H3. The maximum atomic E-state index is 7.95. The molecule has 0 spiro atoms. The zero-order chi connectivity index (χ0) is 58.6. The van der Waals surface area contributed by atoms with E-state index in [9.17, 15) is 0 Å². The van der Waals surface area contributed by atoms with Crippen LogP contribution in [0.1, 0.15) is 167 Å². The van der Waals surface area contributed by atoms with Gasteiger partial charge in [-0.05, 0) is 375 Å². The van der Waals surface area contributed by atoms with E-state index in [0.29, 0.717) is 34.5 Å². The van der Waals surface area contributed by atoms with Gasteiger partial charge in [0.05, 0.1) is 0 Å². The second-order valence-corrected chi connectivity index (χ2v) is 29.2. The molecule has 0 unspecified atom stereocenters. The fourth-order valence-corrected chi connectivity index (χ4v) is 20.8. The SMILES string of the molecule is Cc1c(C)c(C)c(OP2(Oc3c(C)c(C)c(C)c(C)c3C)=NP(Oc3c(C)c(C)c(C)c(C)c3C)(Oc3c(C)c(C)c(C)c(C)c3C)=NP(Oc3c(C)c(C)c(C)c(C)c3C)(Oc3c(C)c(C)c(C)c(C)c3C)=N2)c(C)c1C. The molecule has 420 valence electrons. The minimum absolute atomic E-state index is 0.623. The van der Waals surface area contributed by atoms with Crippen LogP contribution in [-0.2, 0) is 0 Å². The zero-order valence-electron chi connectivity index (χ0n) is 53.1. The van der Waals surface area contributed by atoms with Crippen LogP contribution in [0.5, 0.6) is 34.5 Å². The number of rotatable bonds is 12. The van der Waals surface area contributed by atoms with Gasteiger partial charge in [0.15, 0.2) is 0 Å². The van der Waals surface area contributed by atoms with Crippen molar-refractivity contribution in [3.05, 3.63) is 167 Å². The molecule has 78 heavy (non-hydrogen) atoms. The molecule has 0 fully saturated rings. The van der Waals surface area contributed by atoms with Crippen LogP contribution in [0.15, 0.2) is 13.5 Å². The summed E-state index contributed by atoms with van der Waals surface area (Å²) in [5.41, 5.74) is 31.8. The molecule has 1 heterocycles. The lowest BCUT2D eigenvalue weighted by Gasteiger charge is -2.36. The Hall–Kier alpha value is -5.19. The Labute approximate surface area is 470 Å². The molecule has 0 amide bonds. The van der Waals surface area contributed by atoms with Crippen molar-refractivity contribution in [2.75, 3.05) is 0 Å². The third-order valence-electron chi connectivity index (χ3n) is 19.5. The predicted octanol–water partition coefficient (Wildman–Crippen LogP) is 21.6. The normalized spacial score (nSPS) is 14.4. The number of benzene rings is 6. The van der Waals surface area contributed by atoms with Crippen LogP contribution in [0.3, 0.4) is 0 Å². The summed E-state index contributed by atoms with van der Waals surface area (Å²) < 4.78 is 65.7. The Morgan fingerprint density at radius 2 is 0.218 bits per heavy atom. The summed E-state index contributed by atoms with van der Waals surface area (Å²) in [4.78, 5) is 0. The van der Waals surface area contributed by atoms with Crippen molar-refractivity contribution < 1.29 is 27.1 Å². The molecule has 0 N–H and O–H groups in total. The lowest BCUT2D eigenvalue weighted by Crippen LogP contribution is -2.16. The first-order chi connectivity index (χ1) is 36.0. The minimum atomic E-state index is -4.34. The molecule has 0 bridgehead atoms. The number of nitrogens with zero attached hydrogens (tertiary/aromatic N) is 3. The monoisotopic (exact) mass is 1110 g/mol. The molecule has 6 aromatic carbocycles. The van der Waals surface area contributed by atoms with Crippen molar-refractivity contribution >= 4 is 23.0 Å². The van der Waals surface area contributed by atoms with Gasteiger partial charge in [-0.3, -0.25) is 0 Å². The molecular formula is C66H90N3O6P3. The fourth-order valence-electron chi connectivity index (χ4n) is 11.1. The second kappa shape index (κ2) is 21.4. The highest BCUT2D eigenvalue weighted by molar-refractivity contribution is 7.79. The highest BCUT2D eigenvalue weighted by atomic mass is 31.3. The Morgan fingerprint density at radius 1 is 0.141 bits per heavy atom. The Kier molecular flexibility index (Phi) is 16.6. The van der Waals surface area contributed by atoms with Crippen LogP contribution in [0.4, 0.5) is 0 Å². The van der Waals surface area contributed by atoms with Crippen LogP contribution < -0.4 is 27.1 Å². The van der Waals surface area contributed by atoms with Crippen LogP contribution in [0.2, 0.25) is 0 Å². The van der Waals surface area contributed by atoms with Crippen molar-refractivity contribution in [3.8, 4) is 34.5 Å². The van der Waals surface area contributed by atoms with Gasteiger partial charge < -0.3 is 27.1 Å². The van der Waals surface area contributed by atoms with Crippen LogP contribution in [-0.4, -0.2) is 0 Å². The summed E-state index contributed by atoms with van der Waals surface area (Å²) in [5.74, 6) is 3.74. The Balaban J connectivity index is 1.88. The molecule has 1 aliphatic heterocycles. The van der Waals surface area contributed by atoms with Crippen LogP contribution in [0.25, 0.3) is 0 Å². The molecule has 7 rings (SSSR count). The average molecular weight is 1110 g/mol. The van der Waals surface area contributed by atoms with Gasteiger partial charge in [0.1, 0.15) is 34.5 Å². The van der Waals surface area contributed by atoms with Crippen LogP contribution in [0, 0.1) is 208 Å². The smallest absolute Gasteiger partial charge is 0.413 e. The first-order valence-corrected chi connectivity index (χ1v) is 32.1. The Bertz CT molecular complexity index is 2980. The average Bonchev–Trinajstić information content (AvgIpc) is 3.41. The molecule has 6 aromatic rings. The lowest BCUT2D eigenvalue weighted by molar-refractivity contribution is 0.434. The van der Waals surface area contributed by atoms with Gasteiger partial charge >= 0.3 is 23.0 Å². The third kappa shape index (κ3) is 9.89. The van der Waals surface area contributed by atoms with E-state index >= 15 is 0 Å². The Morgan fingerprint density at radius 3 is 0.308 bits per heavy atom. The highest BCUT2D eigenvalue weighted by Gasteiger charge is 2.51. The molecule has 1 aliphatic rings. The first-order valence-electron chi connectivity index (χ1n) is 27.5. The molecule has 0 aliphatic carbocycles. The van der Waals surface area contributed by atoms with Gasteiger partial charge in [0.2, 0.25) is 0 Å². The molecule has 0 radical (unpaired) electrons. The summed E-state index contributed by atoms with van der Waals surface area (Å²) in [6, 6.07) is 0. The highest BCUT2D eigenvalue weighted by Crippen LogP contribution is 2.80. The van der Waals surface area contributed by atoms with E-state index in [4.69, 9.17) is 40.7 Å². The quantitative estimate of drug-likeness (QED) is 0.113. The summed E-state index contributed by atoms with van der Waals surface area (Å²) >= 11 is 0. The molecule has 9 nitrogen and oxygen atoms in total. The summed E-state index contributed by atoms with van der Waals surface area (Å²) in [6.45, 7) is 64.2. The van der Waals surface area contributed by atoms with Gasteiger partial charge in [-0.25, -0.2) is 0 Å². The van der Waals surface area contributed by atoms with E-state index in [1.807, 2.05) is 0 Å². The molecule has 0 aromatic heterocycles. The molecule has 12 heteroatoms. The van der Waals surface area contributed by atoms with E-state index in [1.165, 1.54) is 33.4 Å². The van der Waals surface area contributed by atoms with Gasteiger partial charge in [0, 0.05) is 0 Å². The minimum Gasteiger partial charge on any atom is -0.413 e. The maximum Gasteiger partial charge on any atom is 0.460 e. The summed E-state index contributed by atoms with van der Waals surface area (Å²) in [7, 11) is -13.0. The molecule has 0 saturated heterocycles. The predicted molar refractivity (Wildman–Crippen MR) is 333 cm³/mol. The molecular weight excluding hydrogens is 1020 g/mol. The van der Waals surface area contributed by atoms with Gasteiger partial charge in [-0.15, -0.1) is 0 Å². The lowest BCUT2D eigenvalue weighted by atomic mass is 9.94. The van der Waals surface area contributed by atoms with Crippen LogP contribution >= 0.6 is 23.0 Å². The van der Waals surface area contributed by atoms with E-state index in [1.54, 1.807) is 0 Å². The first kappa shape index (κ1) is 60.5. The molecule has 0 atom stereocenters. The van der Waals surface area contributed by atoms with Crippen molar-refractivity contribution in [3.63, 3.8) is 0 Å². The molecule has 0 saturated carbocycles. The van der Waals surface area contributed by atoms with E-state index < -0.39 is 23.0 Å². The van der Waals surface area contributed by atoms with E-state index in [0.717, 1.165) is 134 Å². The van der Waals surface area contributed by atoms with Crippen molar-refractivity contribution in [2.24, 2.45) is 13.5 Å². The maximum absolute atomic E-state index is 7.95. The van der Waals surface area contributed by atoms with Crippen molar-refractivity contribution in [1.82, 2.24) is 0 Å².